The SMILES string of the molecule is COc1ccc(-c2ccc3nc(N4CCC(C(=O)O)CC4)ccc3c2)cc1. The standard InChI is InChI=1S/C22H22N2O3/c1-27-19-6-2-15(3-7-19)17-4-8-20-18(14-17)5-9-21(23-20)24-12-10-16(11-13-24)22(25)26/h2-9,14,16H,10-13H2,1H3,(H,25,26). The Balaban J connectivity index is 1.56. The van der Waals surface area contributed by atoms with E-state index in [1.54, 1.807) is 7.11 Å². The molecule has 3 aromatic rings. The minimum absolute atomic E-state index is 0.228. The first kappa shape index (κ1) is 17.3. The third kappa shape index (κ3) is 3.58. The minimum Gasteiger partial charge on any atom is -0.497 e. The van der Waals surface area contributed by atoms with E-state index in [9.17, 15) is 4.79 Å². The molecule has 0 spiro atoms. The molecule has 0 saturated carbocycles. The number of carboxylic acids is 1. The Kier molecular flexibility index (Phi) is 4.67. The monoisotopic (exact) mass is 362 g/mol. The number of aliphatic carboxylic acids is 1. The molecule has 0 amide bonds. The van der Waals surface area contributed by atoms with Crippen LogP contribution in [0.25, 0.3) is 22.0 Å². The van der Waals surface area contributed by atoms with Crippen LogP contribution < -0.4 is 9.64 Å². The zero-order chi connectivity index (χ0) is 18.8. The zero-order valence-corrected chi connectivity index (χ0v) is 15.3. The van der Waals surface area contributed by atoms with Crippen molar-refractivity contribution >= 4 is 22.7 Å². The summed E-state index contributed by atoms with van der Waals surface area (Å²) in [6.07, 6.45) is 1.34. The number of ether oxygens (including phenoxy) is 1. The van der Waals surface area contributed by atoms with Crippen molar-refractivity contribution in [3.05, 3.63) is 54.6 Å². The van der Waals surface area contributed by atoms with Gasteiger partial charge in [0.25, 0.3) is 0 Å². The van der Waals surface area contributed by atoms with Crippen molar-refractivity contribution in [3.63, 3.8) is 0 Å². The van der Waals surface area contributed by atoms with Crippen LogP contribution in [0, 0.1) is 5.92 Å². The van der Waals surface area contributed by atoms with Gasteiger partial charge in [-0.25, -0.2) is 4.98 Å². The van der Waals surface area contributed by atoms with Crippen molar-refractivity contribution in [3.8, 4) is 16.9 Å². The number of hydrogen-bond acceptors (Lipinski definition) is 4. The second-order valence-electron chi connectivity index (χ2n) is 6.90. The molecule has 1 aromatic heterocycles. The number of nitrogens with zero attached hydrogens (tertiary/aromatic N) is 2. The lowest BCUT2D eigenvalue weighted by atomic mass is 9.97. The Hall–Kier alpha value is -3.08. The lowest BCUT2D eigenvalue weighted by molar-refractivity contribution is -0.142. The highest BCUT2D eigenvalue weighted by molar-refractivity contribution is 5.85. The fourth-order valence-corrected chi connectivity index (χ4v) is 3.61. The molecule has 138 valence electrons. The maximum atomic E-state index is 11.1. The number of fused-ring (bicyclic) bond motifs is 1. The molecule has 1 aliphatic heterocycles. The summed E-state index contributed by atoms with van der Waals surface area (Å²) in [6.45, 7) is 1.47. The summed E-state index contributed by atoms with van der Waals surface area (Å²) in [7, 11) is 1.67. The number of carboxylic acid groups (broad SMARTS) is 1. The summed E-state index contributed by atoms with van der Waals surface area (Å²) in [5.74, 6) is 0.849. The van der Waals surface area contributed by atoms with Gasteiger partial charge in [0.15, 0.2) is 0 Å². The van der Waals surface area contributed by atoms with Crippen LogP contribution in [0.15, 0.2) is 54.6 Å². The Morgan fingerprint density at radius 3 is 2.41 bits per heavy atom. The lowest BCUT2D eigenvalue weighted by Crippen LogP contribution is -2.36. The molecule has 5 nitrogen and oxygen atoms in total. The number of methoxy groups -OCH3 is 1. The highest BCUT2D eigenvalue weighted by atomic mass is 16.5. The van der Waals surface area contributed by atoms with Crippen LogP contribution in [0.4, 0.5) is 5.82 Å². The van der Waals surface area contributed by atoms with Crippen LogP contribution in [-0.4, -0.2) is 36.3 Å². The number of pyridine rings is 1. The van der Waals surface area contributed by atoms with Gasteiger partial charge in [-0.15, -0.1) is 0 Å². The first-order chi connectivity index (χ1) is 13.1. The normalized spacial score (nSPS) is 15.1. The number of carbonyl (C=O) groups is 1. The van der Waals surface area contributed by atoms with Gasteiger partial charge >= 0.3 is 5.97 Å². The molecule has 0 radical (unpaired) electrons. The van der Waals surface area contributed by atoms with E-state index < -0.39 is 5.97 Å². The molecule has 1 N–H and O–H groups in total. The van der Waals surface area contributed by atoms with Gasteiger partial charge in [0.05, 0.1) is 18.5 Å². The fraction of sp³-hybridized carbons (Fsp3) is 0.273. The van der Waals surface area contributed by atoms with Gasteiger partial charge in [-0.1, -0.05) is 18.2 Å². The average Bonchev–Trinajstić information content (AvgIpc) is 2.73. The molecule has 2 aromatic carbocycles. The van der Waals surface area contributed by atoms with Crippen molar-refractivity contribution in [2.45, 2.75) is 12.8 Å². The van der Waals surface area contributed by atoms with Gasteiger partial charge < -0.3 is 14.7 Å². The van der Waals surface area contributed by atoms with Crippen molar-refractivity contribution in [1.82, 2.24) is 4.98 Å². The second kappa shape index (κ2) is 7.27. The van der Waals surface area contributed by atoms with E-state index in [-0.39, 0.29) is 5.92 Å². The largest absolute Gasteiger partial charge is 0.497 e. The van der Waals surface area contributed by atoms with Gasteiger partial charge in [-0.2, -0.15) is 0 Å². The molecule has 5 heteroatoms. The maximum absolute atomic E-state index is 11.1. The average molecular weight is 362 g/mol. The Morgan fingerprint density at radius 1 is 1.04 bits per heavy atom. The molecule has 0 unspecified atom stereocenters. The smallest absolute Gasteiger partial charge is 0.306 e. The number of benzene rings is 2. The summed E-state index contributed by atoms with van der Waals surface area (Å²) in [6, 6.07) is 18.4. The van der Waals surface area contributed by atoms with Crippen molar-refractivity contribution in [1.29, 1.82) is 0 Å². The van der Waals surface area contributed by atoms with Crippen LogP contribution in [0.2, 0.25) is 0 Å². The summed E-state index contributed by atoms with van der Waals surface area (Å²) in [5.41, 5.74) is 3.23. The number of rotatable bonds is 4. The van der Waals surface area contributed by atoms with E-state index in [1.165, 1.54) is 0 Å². The maximum Gasteiger partial charge on any atom is 0.306 e. The Morgan fingerprint density at radius 2 is 1.74 bits per heavy atom. The zero-order valence-electron chi connectivity index (χ0n) is 15.3. The molecule has 0 atom stereocenters. The van der Waals surface area contributed by atoms with Gasteiger partial charge in [0, 0.05) is 18.5 Å². The highest BCUT2D eigenvalue weighted by Gasteiger charge is 2.25. The predicted molar refractivity (Wildman–Crippen MR) is 106 cm³/mol. The fourth-order valence-electron chi connectivity index (χ4n) is 3.61. The molecule has 1 aliphatic rings. The Bertz CT molecular complexity index is 961. The number of piperidine rings is 1. The number of aromatic nitrogens is 1. The summed E-state index contributed by atoms with van der Waals surface area (Å²) >= 11 is 0. The molecule has 1 saturated heterocycles. The topological polar surface area (TPSA) is 62.7 Å². The molecular weight excluding hydrogens is 340 g/mol. The van der Waals surface area contributed by atoms with Gasteiger partial charge in [0.1, 0.15) is 11.6 Å². The van der Waals surface area contributed by atoms with Crippen molar-refractivity contribution < 1.29 is 14.6 Å². The third-order valence-corrected chi connectivity index (χ3v) is 5.27. The van der Waals surface area contributed by atoms with Crippen molar-refractivity contribution in [2.75, 3.05) is 25.1 Å². The van der Waals surface area contributed by atoms with E-state index in [2.05, 4.69) is 23.1 Å². The molecular formula is C22H22N2O3. The van der Waals surface area contributed by atoms with Crippen LogP contribution >= 0.6 is 0 Å². The van der Waals surface area contributed by atoms with E-state index in [4.69, 9.17) is 14.8 Å². The molecule has 27 heavy (non-hydrogen) atoms. The first-order valence-electron chi connectivity index (χ1n) is 9.17. The lowest BCUT2D eigenvalue weighted by Gasteiger charge is -2.31. The second-order valence-corrected chi connectivity index (χ2v) is 6.90. The molecule has 0 aliphatic carbocycles. The van der Waals surface area contributed by atoms with E-state index >= 15 is 0 Å². The quantitative estimate of drug-likeness (QED) is 0.753. The molecule has 4 rings (SSSR count). The number of anilines is 1. The van der Waals surface area contributed by atoms with Crippen LogP contribution in [0.5, 0.6) is 5.75 Å². The van der Waals surface area contributed by atoms with Crippen LogP contribution in [-0.2, 0) is 4.79 Å². The van der Waals surface area contributed by atoms with Crippen molar-refractivity contribution in [2.24, 2.45) is 5.92 Å². The summed E-state index contributed by atoms with van der Waals surface area (Å²) < 4.78 is 5.22. The van der Waals surface area contributed by atoms with Gasteiger partial charge in [0.2, 0.25) is 0 Å². The molecule has 0 bridgehead atoms. The molecule has 1 fully saturated rings. The van der Waals surface area contributed by atoms with Crippen LogP contribution in [0.1, 0.15) is 12.8 Å². The van der Waals surface area contributed by atoms with Gasteiger partial charge in [-0.3, -0.25) is 4.79 Å². The van der Waals surface area contributed by atoms with E-state index in [0.717, 1.165) is 46.7 Å². The minimum atomic E-state index is -0.688. The summed E-state index contributed by atoms with van der Waals surface area (Å²) in [4.78, 5) is 18.1. The Labute approximate surface area is 158 Å². The molecule has 2 heterocycles. The highest BCUT2D eigenvalue weighted by Crippen LogP contribution is 2.28. The predicted octanol–water partition coefficient (Wildman–Crippen LogP) is 4.21. The van der Waals surface area contributed by atoms with Crippen LogP contribution in [0.3, 0.4) is 0 Å². The summed E-state index contributed by atoms with van der Waals surface area (Å²) in [5, 5.41) is 10.2. The third-order valence-electron chi connectivity index (χ3n) is 5.27. The van der Waals surface area contributed by atoms with E-state index in [0.29, 0.717) is 12.8 Å². The first-order valence-corrected chi connectivity index (χ1v) is 9.17. The number of hydrogen-bond donors (Lipinski definition) is 1. The van der Waals surface area contributed by atoms with Gasteiger partial charge in [-0.05, 0) is 60.4 Å². The van der Waals surface area contributed by atoms with E-state index in [1.807, 2.05) is 36.4 Å².